The number of hydrogen-bond acceptors (Lipinski definition) is 3. The van der Waals surface area contributed by atoms with Gasteiger partial charge in [-0.2, -0.15) is 0 Å². The lowest BCUT2D eigenvalue weighted by atomic mass is 10.2. The summed E-state index contributed by atoms with van der Waals surface area (Å²) in [5.74, 6) is 0.123. The second-order valence-electron chi connectivity index (χ2n) is 2.68. The van der Waals surface area contributed by atoms with Crippen LogP contribution in [0.1, 0.15) is 13.8 Å². The number of carboxylic acid groups (broad SMARTS) is 1. The molecule has 0 heterocycles. The summed E-state index contributed by atoms with van der Waals surface area (Å²) in [6.45, 7) is 3.86. The zero-order valence-electron chi connectivity index (χ0n) is 7.63. The molecule has 2 N–H and O–H groups in total. The van der Waals surface area contributed by atoms with Crippen molar-refractivity contribution in [1.82, 2.24) is 5.32 Å². The van der Waals surface area contributed by atoms with Crippen LogP contribution in [-0.4, -0.2) is 24.7 Å². The lowest BCUT2D eigenvalue weighted by Crippen LogP contribution is -2.18. The molecule has 0 aromatic rings. The fourth-order valence-electron chi connectivity index (χ4n) is 0.700. The topological polar surface area (TPSA) is 58.6 Å². The standard InChI is InChI=1S/C8H15NO3/c1-6(2)7(12-3)4-9-5-8(10)11/h4,6,9H,5H2,1-3H3,(H,10,11)/b7-4+. The molecule has 0 unspecified atom stereocenters. The Morgan fingerprint density at radius 3 is 2.58 bits per heavy atom. The average Bonchev–Trinajstić information content (AvgIpc) is 1.96. The van der Waals surface area contributed by atoms with Crippen LogP contribution in [-0.2, 0) is 9.53 Å². The van der Waals surface area contributed by atoms with E-state index in [2.05, 4.69) is 5.32 Å². The highest BCUT2D eigenvalue weighted by Crippen LogP contribution is 2.07. The van der Waals surface area contributed by atoms with E-state index in [9.17, 15) is 4.79 Å². The first kappa shape index (κ1) is 10.8. The molecule has 0 aliphatic heterocycles. The summed E-state index contributed by atoms with van der Waals surface area (Å²) < 4.78 is 5.00. The largest absolute Gasteiger partial charge is 0.499 e. The first-order chi connectivity index (χ1) is 5.57. The number of rotatable bonds is 5. The molecule has 4 heteroatoms. The third-order valence-corrected chi connectivity index (χ3v) is 1.30. The smallest absolute Gasteiger partial charge is 0.322 e. The fourth-order valence-corrected chi connectivity index (χ4v) is 0.700. The Balaban J connectivity index is 3.86. The van der Waals surface area contributed by atoms with E-state index >= 15 is 0 Å². The van der Waals surface area contributed by atoms with Gasteiger partial charge in [-0.3, -0.25) is 4.79 Å². The van der Waals surface area contributed by atoms with E-state index in [1.54, 1.807) is 13.3 Å². The highest BCUT2D eigenvalue weighted by atomic mass is 16.5. The van der Waals surface area contributed by atoms with Crippen molar-refractivity contribution in [2.24, 2.45) is 5.92 Å². The van der Waals surface area contributed by atoms with Crippen LogP contribution in [0.3, 0.4) is 0 Å². The van der Waals surface area contributed by atoms with Crippen LogP contribution in [0.2, 0.25) is 0 Å². The number of methoxy groups -OCH3 is 1. The molecule has 0 amide bonds. The van der Waals surface area contributed by atoms with Gasteiger partial charge in [-0.15, -0.1) is 0 Å². The monoisotopic (exact) mass is 173 g/mol. The molecule has 0 bridgehead atoms. The molecule has 4 nitrogen and oxygen atoms in total. The minimum Gasteiger partial charge on any atom is -0.499 e. The van der Waals surface area contributed by atoms with Crippen molar-refractivity contribution in [3.8, 4) is 0 Å². The zero-order chi connectivity index (χ0) is 9.56. The number of allylic oxidation sites excluding steroid dienone is 1. The van der Waals surface area contributed by atoms with Crippen LogP contribution in [0.25, 0.3) is 0 Å². The second-order valence-corrected chi connectivity index (χ2v) is 2.68. The lowest BCUT2D eigenvalue weighted by molar-refractivity contribution is -0.135. The van der Waals surface area contributed by atoms with Gasteiger partial charge < -0.3 is 15.2 Å². The molecule has 0 atom stereocenters. The van der Waals surface area contributed by atoms with E-state index in [-0.39, 0.29) is 12.5 Å². The molecule has 0 aromatic carbocycles. The van der Waals surface area contributed by atoms with Crippen LogP contribution in [0, 0.1) is 5.92 Å². The number of nitrogens with one attached hydrogen (secondary N) is 1. The molecule has 0 spiro atoms. The van der Waals surface area contributed by atoms with Gasteiger partial charge in [0.1, 0.15) is 12.3 Å². The van der Waals surface area contributed by atoms with Crippen molar-refractivity contribution in [2.75, 3.05) is 13.7 Å². The molecule has 0 radical (unpaired) electrons. The number of carboxylic acids is 1. The van der Waals surface area contributed by atoms with Crippen LogP contribution in [0.5, 0.6) is 0 Å². The van der Waals surface area contributed by atoms with Crippen LogP contribution < -0.4 is 5.32 Å². The summed E-state index contributed by atoms with van der Waals surface area (Å²) in [4.78, 5) is 10.1. The first-order valence-corrected chi connectivity index (χ1v) is 3.77. The fraction of sp³-hybridized carbons (Fsp3) is 0.625. The Morgan fingerprint density at radius 1 is 1.67 bits per heavy atom. The second kappa shape index (κ2) is 5.46. The number of carbonyl (C=O) groups is 1. The van der Waals surface area contributed by atoms with Gasteiger partial charge in [0.05, 0.1) is 7.11 Å². The first-order valence-electron chi connectivity index (χ1n) is 3.77. The van der Waals surface area contributed by atoms with E-state index in [1.165, 1.54) is 0 Å². The molecule has 0 saturated carbocycles. The van der Waals surface area contributed by atoms with Gasteiger partial charge in [-0.05, 0) is 0 Å². The Labute approximate surface area is 72.2 Å². The van der Waals surface area contributed by atoms with Gasteiger partial charge in [0.25, 0.3) is 0 Å². The zero-order valence-corrected chi connectivity index (χ0v) is 7.63. The molecule has 12 heavy (non-hydrogen) atoms. The molecule has 0 aromatic heterocycles. The maximum atomic E-state index is 10.1. The Morgan fingerprint density at radius 2 is 2.25 bits per heavy atom. The van der Waals surface area contributed by atoms with Crippen molar-refractivity contribution in [3.05, 3.63) is 12.0 Å². The molecule has 0 fully saturated rings. The van der Waals surface area contributed by atoms with E-state index in [4.69, 9.17) is 9.84 Å². The number of ether oxygens (including phenoxy) is 1. The third kappa shape index (κ3) is 4.60. The van der Waals surface area contributed by atoms with Gasteiger partial charge in [0.15, 0.2) is 0 Å². The third-order valence-electron chi connectivity index (χ3n) is 1.30. The van der Waals surface area contributed by atoms with Gasteiger partial charge >= 0.3 is 5.97 Å². The maximum absolute atomic E-state index is 10.1. The lowest BCUT2D eigenvalue weighted by Gasteiger charge is -2.09. The van der Waals surface area contributed by atoms with Crippen molar-refractivity contribution in [3.63, 3.8) is 0 Å². The Hall–Kier alpha value is -1.19. The Bertz CT molecular complexity index is 175. The molecule has 0 rings (SSSR count). The van der Waals surface area contributed by atoms with Gasteiger partial charge in [0, 0.05) is 12.1 Å². The van der Waals surface area contributed by atoms with E-state index < -0.39 is 5.97 Å². The SMILES string of the molecule is CO/C(=C/NCC(=O)O)C(C)C. The highest BCUT2D eigenvalue weighted by Gasteiger charge is 2.01. The van der Waals surface area contributed by atoms with Crippen LogP contribution in [0.15, 0.2) is 12.0 Å². The summed E-state index contributed by atoms with van der Waals surface area (Å²) >= 11 is 0. The van der Waals surface area contributed by atoms with Crippen molar-refractivity contribution < 1.29 is 14.6 Å². The maximum Gasteiger partial charge on any atom is 0.322 e. The Kier molecular flexibility index (Phi) is 4.92. The van der Waals surface area contributed by atoms with Crippen molar-refractivity contribution in [2.45, 2.75) is 13.8 Å². The predicted octanol–water partition coefficient (Wildman–Crippen LogP) is 0.804. The van der Waals surface area contributed by atoms with Gasteiger partial charge in [-0.25, -0.2) is 0 Å². The van der Waals surface area contributed by atoms with E-state index in [1.807, 2.05) is 13.8 Å². The molecule has 70 valence electrons. The van der Waals surface area contributed by atoms with E-state index in [0.29, 0.717) is 0 Å². The molecular formula is C8H15NO3. The summed E-state index contributed by atoms with van der Waals surface area (Å²) in [5, 5.41) is 10.9. The summed E-state index contributed by atoms with van der Waals surface area (Å²) in [6, 6.07) is 0. The summed E-state index contributed by atoms with van der Waals surface area (Å²) in [6.07, 6.45) is 1.58. The van der Waals surface area contributed by atoms with Gasteiger partial charge in [0.2, 0.25) is 0 Å². The minimum absolute atomic E-state index is 0.0837. The number of hydrogen-bond donors (Lipinski definition) is 2. The molecule has 0 aliphatic rings. The normalized spacial score (nSPS) is 11.5. The van der Waals surface area contributed by atoms with Crippen LogP contribution >= 0.6 is 0 Å². The van der Waals surface area contributed by atoms with Crippen LogP contribution in [0.4, 0.5) is 0 Å². The molecule has 0 aliphatic carbocycles. The predicted molar refractivity (Wildman–Crippen MR) is 45.6 cm³/mol. The average molecular weight is 173 g/mol. The highest BCUT2D eigenvalue weighted by molar-refractivity contribution is 5.69. The van der Waals surface area contributed by atoms with E-state index in [0.717, 1.165) is 5.76 Å². The summed E-state index contributed by atoms with van der Waals surface area (Å²) in [5.41, 5.74) is 0. The quantitative estimate of drug-likeness (QED) is 0.604. The van der Waals surface area contributed by atoms with Gasteiger partial charge in [-0.1, -0.05) is 13.8 Å². The summed E-state index contributed by atoms with van der Waals surface area (Å²) in [7, 11) is 1.56. The minimum atomic E-state index is -0.884. The number of aliphatic carboxylic acids is 1. The molecule has 0 saturated heterocycles. The van der Waals surface area contributed by atoms with Crippen molar-refractivity contribution >= 4 is 5.97 Å². The van der Waals surface area contributed by atoms with Crippen molar-refractivity contribution in [1.29, 1.82) is 0 Å². The molecular weight excluding hydrogens is 158 g/mol.